The minimum Gasteiger partial charge on any atom is -0.495 e. The van der Waals surface area contributed by atoms with Gasteiger partial charge in [-0.2, -0.15) is 4.98 Å². The molecule has 2 N–H and O–H groups in total. The molecule has 0 radical (unpaired) electrons. The molecule has 0 bridgehead atoms. The molecule has 1 aromatic carbocycles. The standard InChI is InChI=1S/C27H36FN7O3/c1-33-12-10-18(11-13-33)30-25(36)17-8-9-21(23(14-17)38-3)31-27-29-15-22-24(32-27)35(19-6-4-5-7-19)16-20(28)26(37)34(22)2/h8-9,14-15,18-20H,4-7,10-13,16H2,1-3H3,(H,30,36)(H,29,31,32). The van der Waals surface area contributed by atoms with Gasteiger partial charge in [0.2, 0.25) is 5.95 Å². The first-order valence-corrected chi connectivity index (χ1v) is 13.3. The van der Waals surface area contributed by atoms with Crippen molar-refractivity contribution in [3.63, 3.8) is 0 Å². The summed E-state index contributed by atoms with van der Waals surface area (Å²) >= 11 is 0. The Balaban J connectivity index is 1.37. The summed E-state index contributed by atoms with van der Waals surface area (Å²) in [5, 5.41) is 6.31. The number of amides is 2. The van der Waals surface area contributed by atoms with Crippen LogP contribution in [-0.2, 0) is 4.79 Å². The number of nitrogens with zero attached hydrogens (tertiary/aromatic N) is 5. The van der Waals surface area contributed by atoms with E-state index in [4.69, 9.17) is 9.72 Å². The first-order valence-electron chi connectivity index (χ1n) is 13.3. The van der Waals surface area contributed by atoms with Crippen molar-refractivity contribution in [2.45, 2.75) is 56.8 Å². The van der Waals surface area contributed by atoms with Gasteiger partial charge in [-0.05, 0) is 64.0 Å². The predicted octanol–water partition coefficient (Wildman–Crippen LogP) is 3.12. The maximum Gasteiger partial charge on any atom is 0.263 e. The van der Waals surface area contributed by atoms with Crippen LogP contribution in [-0.4, -0.2) is 85.8 Å². The van der Waals surface area contributed by atoms with E-state index in [1.165, 1.54) is 4.90 Å². The van der Waals surface area contributed by atoms with E-state index >= 15 is 0 Å². The Labute approximate surface area is 222 Å². The Morgan fingerprint density at radius 3 is 2.58 bits per heavy atom. The minimum atomic E-state index is -1.63. The molecule has 38 heavy (non-hydrogen) atoms. The molecule has 3 aliphatic rings. The van der Waals surface area contributed by atoms with Gasteiger partial charge in [0.25, 0.3) is 11.8 Å². The maximum absolute atomic E-state index is 14.8. The summed E-state index contributed by atoms with van der Waals surface area (Å²) in [5.41, 5.74) is 1.59. The van der Waals surface area contributed by atoms with Crippen molar-refractivity contribution in [3.05, 3.63) is 30.0 Å². The number of ether oxygens (including phenoxy) is 1. The number of piperidine rings is 1. The quantitative estimate of drug-likeness (QED) is 0.593. The number of carbonyl (C=O) groups excluding carboxylic acids is 2. The molecule has 1 unspecified atom stereocenters. The zero-order valence-electron chi connectivity index (χ0n) is 22.2. The lowest BCUT2D eigenvalue weighted by atomic mass is 10.0. The highest BCUT2D eigenvalue weighted by Gasteiger charge is 2.37. The van der Waals surface area contributed by atoms with Gasteiger partial charge in [-0.1, -0.05) is 12.8 Å². The average molecular weight is 526 g/mol. The maximum atomic E-state index is 14.8. The molecule has 10 nitrogen and oxygen atoms in total. The number of hydrogen-bond donors (Lipinski definition) is 2. The summed E-state index contributed by atoms with van der Waals surface area (Å²) in [4.78, 5) is 40.1. The van der Waals surface area contributed by atoms with Gasteiger partial charge in [0.05, 0.1) is 25.5 Å². The second-order valence-electron chi connectivity index (χ2n) is 10.4. The molecule has 1 saturated carbocycles. The highest BCUT2D eigenvalue weighted by Crippen LogP contribution is 2.37. The number of anilines is 4. The molecule has 204 valence electrons. The molecule has 2 aromatic rings. The van der Waals surface area contributed by atoms with Crippen molar-refractivity contribution >= 4 is 35.0 Å². The monoisotopic (exact) mass is 525 g/mol. The number of likely N-dealkylation sites (tertiary alicyclic amines) is 1. The van der Waals surface area contributed by atoms with Crippen molar-refractivity contribution in [2.75, 3.05) is 56.0 Å². The molecule has 1 saturated heterocycles. The molecular weight excluding hydrogens is 489 g/mol. The van der Waals surface area contributed by atoms with E-state index in [1.54, 1.807) is 38.6 Å². The van der Waals surface area contributed by atoms with E-state index in [0.717, 1.165) is 51.6 Å². The van der Waals surface area contributed by atoms with Crippen LogP contribution in [0.2, 0.25) is 0 Å². The van der Waals surface area contributed by atoms with Crippen LogP contribution in [0.5, 0.6) is 5.75 Å². The zero-order valence-corrected chi connectivity index (χ0v) is 22.2. The fourth-order valence-corrected chi connectivity index (χ4v) is 5.56. The second kappa shape index (κ2) is 11.1. The van der Waals surface area contributed by atoms with Gasteiger partial charge in [0.1, 0.15) is 11.4 Å². The number of carbonyl (C=O) groups is 2. The lowest BCUT2D eigenvalue weighted by Gasteiger charge is -2.30. The van der Waals surface area contributed by atoms with Gasteiger partial charge >= 0.3 is 0 Å². The van der Waals surface area contributed by atoms with Crippen molar-refractivity contribution in [1.82, 2.24) is 20.2 Å². The Bertz CT molecular complexity index is 1180. The van der Waals surface area contributed by atoms with Crippen molar-refractivity contribution in [3.8, 4) is 5.75 Å². The van der Waals surface area contributed by atoms with Gasteiger partial charge in [-0.25, -0.2) is 9.37 Å². The van der Waals surface area contributed by atoms with Crippen molar-refractivity contribution < 1.29 is 18.7 Å². The first-order chi connectivity index (χ1) is 18.3. The smallest absolute Gasteiger partial charge is 0.263 e. The van der Waals surface area contributed by atoms with Gasteiger partial charge in [-0.3, -0.25) is 9.59 Å². The Kier molecular flexibility index (Phi) is 7.64. The third-order valence-electron chi connectivity index (χ3n) is 7.87. The number of alkyl halides is 1. The Morgan fingerprint density at radius 1 is 1.13 bits per heavy atom. The predicted molar refractivity (Wildman–Crippen MR) is 144 cm³/mol. The molecular formula is C27H36FN7O3. The summed E-state index contributed by atoms with van der Waals surface area (Å²) in [5.74, 6) is 0.590. The van der Waals surface area contributed by atoms with Gasteiger partial charge in [0, 0.05) is 24.7 Å². The molecule has 3 heterocycles. The van der Waals surface area contributed by atoms with Crippen LogP contribution in [0.4, 0.5) is 27.5 Å². The van der Waals surface area contributed by atoms with Crippen LogP contribution in [0.3, 0.4) is 0 Å². The van der Waals surface area contributed by atoms with E-state index in [9.17, 15) is 14.0 Å². The van der Waals surface area contributed by atoms with Gasteiger partial charge in [0.15, 0.2) is 12.0 Å². The minimum absolute atomic E-state index is 0.0261. The first kappa shape index (κ1) is 26.1. The van der Waals surface area contributed by atoms with E-state index in [2.05, 4.69) is 27.6 Å². The topological polar surface area (TPSA) is 103 Å². The SMILES string of the molecule is COc1cc(C(=O)NC2CCN(C)CC2)ccc1Nc1ncc2c(n1)N(C1CCCC1)CC(F)C(=O)N2C. The van der Waals surface area contributed by atoms with E-state index in [1.807, 2.05) is 4.90 Å². The summed E-state index contributed by atoms with van der Waals surface area (Å²) in [6.07, 6.45) is 5.80. The molecule has 2 aliphatic heterocycles. The number of methoxy groups -OCH3 is 1. The number of rotatable bonds is 6. The number of fused-ring (bicyclic) bond motifs is 1. The summed E-state index contributed by atoms with van der Waals surface area (Å²) < 4.78 is 20.4. The molecule has 2 fully saturated rings. The lowest BCUT2D eigenvalue weighted by molar-refractivity contribution is -0.122. The number of hydrogen-bond acceptors (Lipinski definition) is 8. The van der Waals surface area contributed by atoms with E-state index in [-0.39, 0.29) is 24.5 Å². The Morgan fingerprint density at radius 2 is 1.87 bits per heavy atom. The van der Waals surface area contributed by atoms with Crippen LogP contribution in [0, 0.1) is 0 Å². The lowest BCUT2D eigenvalue weighted by Crippen LogP contribution is -2.43. The fourth-order valence-electron chi connectivity index (χ4n) is 5.56. The normalized spacial score (nSPS) is 21.3. The zero-order chi connectivity index (χ0) is 26.8. The van der Waals surface area contributed by atoms with Crippen LogP contribution in [0.25, 0.3) is 0 Å². The molecule has 1 aliphatic carbocycles. The van der Waals surface area contributed by atoms with Gasteiger partial charge < -0.3 is 30.1 Å². The number of aromatic nitrogens is 2. The highest BCUT2D eigenvalue weighted by atomic mass is 19.1. The highest BCUT2D eigenvalue weighted by molar-refractivity contribution is 6.00. The Hall–Kier alpha value is -3.47. The van der Waals surface area contributed by atoms with E-state index < -0.39 is 12.1 Å². The third-order valence-corrected chi connectivity index (χ3v) is 7.87. The largest absolute Gasteiger partial charge is 0.495 e. The molecule has 11 heteroatoms. The number of nitrogens with one attached hydrogen (secondary N) is 2. The summed E-state index contributed by atoms with van der Waals surface area (Å²) in [6, 6.07) is 5.49. The summed E-state index contributed by atoms with van der Waals surface area (Å²) in [6.45, 7) is 1.90. The molecule has 2 amide bonds. The van der Waals surface area contributed by atoms with Crippen LogP contribution in [0.15, 0.2) is 24.4 Å². The van der Waals surface area contributed by atoms with Crippen LogP contribution >= 0.6 is 0 Å². The fraction of sp³-hybridized carbons (Fsp3) is 0.556. The van der Waals surface area contributed by atoms with E-state index in [0.29, 0.717) is 34.5 Å². The van der Waals surface area contributed by atoms with Crippen molar-refractivity contribution in [1.29, 1.82) is 0 Å². The molecule has 1 aromatic heterocycles. The second-order valence-corrected chi connectivity index (χ2v) is 10.4. The average Bonchev–Trinajstić information content (AvgIpc) is 3.44. The molecule has 1 atom stereocenters. The number of benzene rings is 1. The van der Waals surface area contributed by atoms with Crippen LogP contribution in [0.1, 0.15) is 48.9 Å². The number of halogens is 1. The van der Waals surface area contributed by atoms with Gasteiger partial charge in [-0.15, -0.1) is 0 Å². The molecule has 5 rings (SSSR count). The molecule has 0 spiro atoms. The third kappa shape index (κ3) is 5.38. The van der Waals surface area contributed by atoms with Crippen molar-refractivity contribution in [2.24, 2.45) is 0 Å². The summed E-state index contributed by atoms with van der Waals surface area (Å²) in [7, 11) is 5.19. The van der Waals surface area contributed by atoms with Crippen LogP contribution < -0.4 is 25.2 Å².